The van der Waals surface area contributed by atoms with Gasteiger partial charge in [-0.3, -0.25) is 4.98 Å². The lowest BCUT2D eigenvalue weighted by atomic mass is 10.2. The number of piperazine rings is 1. The van der Waals surface area contributed by atoms with E-state index in [1.165, 1.54) is 10.5 Å². The van der Waals surface area contributed by atoms with E-state index >= 15 is 0 Å². The molecule has 1 fully saturated rings. The molecule has 0 bridgehead atoms. The predicted molar refractivity (Wildman–Crippen MR) is 115 cm³/mol. The van der Waals surface area contributed by atoms with E-state index in [4.69, 9.17) is 4.98 Å². The Kier molecular flexibility index (Phi) is 5.73. The van der Waals surface area contributed by atoms with Crippen molar-refractivity contribution in [3.05, 3.63) is 66.1 Å². The summed E-state index contributed by atoms with van der Waals surface area (Å²) in [5, 5.41) is 3.39. The smallest absolute Gasteiger partial charge is 0.227 e. The Balaban J connectivity index is 1.40. The van der Waals surface area contributed by atoms with Crippen LogP contribution in [0.2, 0.25) is 0 Å². The number of rotatable bonds is 5. The van der Waals surface area contributed by atoms with E-state index in [-0.39, 0.29) is 0 Å². The summed E-state index contributed by atoms with van der Waals surface area (Å²) >= 11 is 1.76. The lowest BCUT2D eigenvalue weighted by molar-refractivity contribution is 0.426. The molecule has 2 aromatic heterocycles. The Morgan fingerprint density at radius 1 is 0.964 bits per heavy atom. The molecule has 144 valence electrons. The molecular formula is C21H24N6S. The van der Waals surface area contributed by atoms with Crippen LogP contribution in [0.5, 0.6) is 0 Å². The van der Waals surface area contributed by atoms with Crippen molar-refractivity contribution < 1.29 is 0 Å². The zero-order valence-corrected chi connectivity index (χ0v) is 17.0. The van der Waals surface area contributed by atoms with Crippen LogP contribution in [0, 0.1) is 13.8 Å². The van der Waals surface area contributed by atoms with Crippen molar-refractivity contribution in [3.8, 4) is 0 Å². The summed E-state index contributed by atoms with van der Waals surface area (Å²) in [6, 6.07) is 14.4. The van der Waals surface area contributed by atoms with Gasteiger partial charge in [0.1, 0.15) is 5.82 Å². The van der Waals surface area contributed by atoms with Gasteiger partial charge in [0.2, 0.25) is 5.95 Å². The lowest BCUT2D eigenvalue weighted by Gasteiger charge is -2.34. The van der Waals surface area contributed by atoms with E-state index in [1.807, 2.05) is 25.3 Å². The van der Waals surface area contributed by atoms with Crippen LogP contribution < -0.4 is 10.2 Å². The number of benzene rings is 1. The first-order chi connectivity index (χ1) is 13.7. The number of aryl methyl sites for hydroxylation is 2. The SMILES string of the molecule is Cc1ccc(Nc2cc(C)nc(N3CCN(Sc4cccnc4)CC3)n2)cc1. The molecule has 1 aliphatic heterocycles. The van der Waals surface area contributed by atoms with Gasteiger partial charge in [0.25, 0.3) is 0 Å². The van der Waals surface area contributed by atoms with Crippen molar-refractivity contribution in [2.75, 3.05) is 36.4 Å². The minimum atomic E-state index is 0.792. The average Bonchev–Trinajstić information content (AvgIpc) is 2.71. The fraction of sp³-hybridized carbons (Fsp3) is 0.286. The number of hydrogen-bond acceptors (Lipinski definition) is 7. The molecule has 1 saturated heterocycles. The highest BCUT2D eigenvalue weighted by Crippen LogP contribution is 2.25. The second kappa shape index (κ2) is 8.58. The highest BCUT2D eigenvalue weighted by Gasteiger charge is 2.20. The second-order valence-electron chi connectivity index (χ2n) is 6.88. The quantitative estimate of drug-likeness (QED) is 0.657. The summed E-state index contributed by atoms with van der Waals surface area (Å²) in [6.45, 7) is 7.82. The van der Waals surface area contributed by atoms with Crippen molar-refractivity contribution in [3.63, 3.8) is 0 Å². The molecular weight excluding hydrogens is 368 g/mol. The van der Waals surface area contributed by atoms with Crippen molar-refractivity contribution in [1.82, 2.24) is 19.3 Å². The first-order valence-electron chi connectivity index (χ1n) is 9.43. The minimum Gasteiger partial charge on any atom is -0.340 e. The number of aromatic nitrogens is 3. The number of pyridine rings is 1. The normalized spacial score (nSPS) is 14.9. The van der Waals surface area contributed by atoms with Gasteiger partial charge in [0.05, 0.1) is 0 Å². The zero-order chi connectivity index (χ0) is 19.3. The molecule has 0 unspecified atom stereocenters. The van der Waals surface area contributed by atoms with Crippen LogP contribution in [0.15, 0.2) is 59.8 Å². The molecule has 0 radical (unpaired) electrons. The molecule has 3 aromatic rings. The van der Waals surface area contributed by atoms with Gasteiger partial charge < -0.3 is 10.2 Å². The maximum atomic E-state index is 4.75. The fourth-order valence-electron chi connectivity index (χ4n) is 3.07. The maximum absolute atomic E-state index is 4.75. The van der Waals surface area contributed by atoms with Gasteiger partial charge in [-0.05, 0) is 50.1 Å². The second-order valence-corrected chi connectivity index (χ2v) is 8.05. The molecule has 4 rings (SSSR count). The molecule has 0 spiro atoms. The Labute approximate surface area is 170 Å². The summed E-state index contributed by atoms with van der Waals surface area (Å²) < 4.78 is 2.37. The standard InChI is InChI=1S/C21H24N6S/c1-16-5-7-18(8-6-16)24-20-14-17(2)23-21(25-20)26-10-12-27(13-11-26)28-19-4-3-9-22-15-19/h3-9,14-15H,10-13H2,1-2H3,(H,23,24,25). The molecule has 28 heavy (non-hydrogen) atoms. The topological polar surface area (TPSA) is 57.2 Å². The van der Waals surface area contributed by atoms with Crippen LogP contribution in [0.1, 0.15) is 11.3 Å². The Morgan fingerprint density at radius 2 is 1.75 bits per heavy atom. The lowest BCUT2D eigenvalue weighted by Crippen LogP contribution is -2.44. The predicted octanol–water partition coefficient (Wildman–Crippen LogP) is 4.06. The van der Waals surface area contributed by atoms with Crippen LogP contribution in [0.4, 0.5) is 17.5 Å². The maximum Gasteiger partial charge on any atom is 0.227 e. The van der Waals surface area contributed by atoms with Crippen LogP contribution >= 0.6 is 11.9 Å². The van der Waals surface area contributed by atoms with Gasteiger partial charge in [-0.2, -0.15) is 4.98 Å². The van der Waals surface area contributed by atoms with E-state index in [9.17, 15) is 0 Å². The highest BCUT2D eigenvalue weighted by atomic mass is 32.2. The molecule has 0 atom stereocenters. The van der Waals surface area contributed by atoms with E-state index in [2.05, 4.69) is 61.7 Å². The molecule has 0 saturated carbocycles. The van der Waals surface area contributed by atoms with Gasteiger partial charge in [-0.15, -0.1) is 0 Å². The monoisotopic (exact) mass is 392 g/mol. The Morgan fingerprint density at radius 3 is 2.46 bits per heavy atom. The van der Waals surface area contributed by atoms with Crippen molar-refractivity contribution >= 4 is 29.4 Å². The molecule has 7 heteroatoms. The van der Waals surface area contributed by atoms with Gasteiger partial charge in [-0.1, -0.05) is 17.7 Å². The summed E-state index contributed by atoms with van der Waals surface area (Å²) in [5.74, 6) is 1.62. The molecule has 1 aromatic carbocycles. The van der Waals surface area contributed by atoms with Crippen molar-refractivity contribution in [2.24, 2.45) is 0 Å². The summed E-state index contributed by atoms with van der Waals surface area (Å²) in [7, 11) is 0. The van der Waals surface area contributed by atoms with Crippen LogP contribution in [0.3, 0.4) is 0 Å². The van der Waals surface area contributed by atoms with Crippen LogP contribution in [0.25, 0.3) is 0 Å². The Bertz CT molecular complexity index is 908. The van der Waals surface area contributed by atoms with Crippen molar-refractivity contribution in [1.29, 1.82) is 0 Å². The molecule has 1 aliphatic rings. The molecule has 0 amide bonds. The third kappa shape index (κ3) is 4.79. The highest BCUT2D eigenvalue weighted by molar-refractivity contribution is 7.97. The largest absolute Gasteiger partial charge is 0.340 e. The third-order valence-electron chi connectivity index (χ3n) is 4.56. The first-order valence-corrected chi connectivity index (χ1v) is 10.2. The van der Waals surface area contributed by atoms with E-state index < -0.39 is 0 Å². The van der Waals surface area contributed by atoms with E-state index in [0.29, 0.717) is 0 Å². The fourth-order valence-corrected chi connectivity index (χ4v) is 3.96. The van der Waals surface area contributed by atoms with Crippen molar-refractivity contribution in [2.45, 2.75) is 18.7 Å². The number of anilines is 3. The molecule has 0 aliphatic carbocycles. The molecule has 1 N–H and O–H groups in total. The van der Waals surface area contributed by atoms with Crippen LogP contribution in [-0.2, 0) is 0 Å². The molecule has 3 heterocycles. The summed E-state index contributed by atoms with van der Waals surface area (Å²) in [5.41, 5.74) is 3.24. The average molecular weight is 393 g/mol. The van der Waals surface area contributed by atoms with E-state index in [0.717, 1.165) is 49.3 Å². The molecule has 6 nitrogen and oxygen atoms in total. The third-order valence-corrected chi connectivity index (χ3v) is 5.63. The van der Waals surface area contributed by atoms with E-state index in [1.54, 1.807) is 18.1 Å². The van der Waals surface area contributed by atoms with Gasteiger partial charge in [0, 0.05) is 60.9 Å². The zero-order valence-electron chi connectivity index (χ0n) is 16.2. The first kappa shape index (κ1) is 18.7. The number of hydrogen-bond donors (Lipinski definition) is 1. The van der Waals surface area contributed by atoms with Crippen LogP contribution in [-0.4, -0.2) is 45.4 Å². The minimum absolute atomic E-state index is 0.792. The summed E-state index contributed by atoms with van der Waals surface area (Å²) in [6.07, 6.45) is 3.71. The Hall–Kier alpha value is -2.64. The number of nitrogens with one attached hydrogen (secondary N) is 1. The van der Waals surface area contributed by atoms with Gasteiger partial charge >= 0.3 is 0 Å². The van der Waals surface area contributed by atoms with Gasteiger partial charge in [0.15, 0.2) is 0 Å². The van der Waals surface area contributed by atoms with Gasteiger partial charge in [-0.25, -0.2) is 9.29 Å². The number of nitrogens with zero attached hydrogens (tertiary/aromatic N) is 5. The summed E-state index contributed by atoms with van der Waals surface area (Å²) in [4.78, 5) is 17.0.